The summed E-state index contributed by atoms with van der Waals surface area (Å²) >= 11 is 0. The van der Waals surface area contributed by atoms with Crippen molar-refractivity contribution >= 4 is 11.9 Å². The molecule has 1 aromatic rings. The van der Waals surface area contributed by atoms with Crippen LogP contribution in [0.2, 0.25) is 0 Å². The predicted molar refractivity (Wildman–Crippen MR) is 74.2 cm³/mol. The number of carbonyl (C=O) groups excluding carboxylic acids is 2. The molecule has 0 aromatic heterocycles. The number of hydrogen-bond acceptors (Lipinski definition) is 3. The summed E-state index contributed by atoms with van der Waals surface area (Å²) in [6.07, 6.45) is -3.93. The van der Waals surface area contributed by atoms with Gasteiger partial charge in [0.05, 0.1) is 12.7 Å². The van der Waals surface area contributed by atoms with Crippen LogP contribution in [0.25, 0.3) is 0 Å². The average Bonchev–Trinajstić information content (AvgIpc) is 2.50. The van der Waals surface area contributed by atoms with E-state index in [1.807, 2.05) is 6.92 Å². The summed E-state index contributed by atoms with van der Waals surface area (Å²) in [6, 6.07) is 3.13. The SMILES string of the molecule is CC[C@H](C)[C@@H](NC(=O)c1cccc(C(F)(F)F)c1)C(=O)OC. The van der Waals surface area contributed by atoms with Gasteiger partial charge >= 0.3 is 12.1 Å². The zero-order valence-electron chi connectivity index (χ0n) is 12.5. The zero-order valence-corrected chi connectivity index (χ0v) is 12.5. The number of amides is 1. The van der Waals surface area contributed by atoms with Crippen LogP contribution in [0.15, 0.2) is 24.3 Å². The number of methoxy groups -OCH3 is 1. The summed E-state index contributed by atoms with van der Waals surface area (Å²) in [7, 11) is 1.19. The molecule has 0 heterocycles. The van der Waals surface area contributed by atoms with Gasteiger partial charge in [-0.25, -0.2) is 4.79 Å². The monoisotopic (exact) mass is 317 g/mol. The highest BCUT2D eigenvalue weighted by Crippen LogP contribution is 2.29. The Morgan fingerprint density at radius 3 is 2.45 bits per heavy atom. The second kappa shape index (κ2) is 7.29. The van der Waals surface area contributed by atoms with E-state index in [1.54, 1.807) is 6.92 Å². The summed E-state index contributed by atoms with van der Waals surface area (Å²) in [5.41, 5.74) is -1.08. The van der Waals surface area contributed by atoms with Crippen LogP contribution in [0.1, 0.15) is 36.2 Å². The number of rotatable bonds is 5. The molecule has 1 amide bonds. The molecule has 0 aliphatic rings. The van der Waals surface area contributed by atoms with E-state index < -0.39 is 29.7 Å². The van der Waals surface area contributed by atoms with Crippen LogP contribution in [0.5, 0.6) is 0 Å². The maximum Gasteiger partial charge on any atom is 0.416 e. The molecule has 0 spiro atoms. The molecule has 2 atom stereocenters. The number of carbonyl (C=O) groups is 2. The average molecular weight is 317 g/mol. The lowest BCUT2D eigenvalue weighted by atomic mass is 9.98. The van der Waals surface area contributed by atoms with E-state index in [2.05, 4.69) is 10.1 Å². The molecular formula is C15H18F3NO3. The number of alkyl halides is 3. The van der Waals surface area contributed by atoms with E-state index in [0.29, 0.717) is 6.42 Å². The Bertz CT molecular complexity index is 543. The zero-order chi connectivity index (χ0) is 16.9. The van der Waals surface area contributed by atoms with E-state index in [1.165, 1.54) is 13.2 Å². The minimum absolute atomic E-state index is 0.160. The highest BCUT2D eigenvalue weighted by molar-refractivity contribution is 5.97. The molecule has 0 saturated heterocycles. The van der Waals surface area contributed by atoms with Crippen LogP contribution in [0, 0.1) is 5.92 Å². The summed E-state index contributed by atoms with van der Waals surface area (Å²) in [4.78, 5) is 23.8. The first-order chi connectivity index (χ1) is 10.2. The van der Waals surface area contributed by atoms with Gasteiger partial charge in [0.2, 0.25) is 0 Å². The van der Waals surface area contributed by atoms with Gasteiger partial charge in [-0.15, -0.1) is 0 Å². The molecule has 0 fully saturated rings. The van der Waals surface area contributed by atoms with Gasteiger partial charge in [0.1, 0.15) is 6.04 Å². The van der Waals surface area contributed by atoms with E-state index >= 15 is 0 Å². The van der Waals surface area contributed by atoms with Crippen molar-refractivity contribution in [2.45, 2.75) is 32.5 Å². The highest BCUT2D eigenvalue weighted by atomic mass is 19.4. The van der Waals surface area contributed by atoms with Crippen LogP contribution in [0.4, 0.5) is 13.2 Å². The Balaban J connectivity index is 2.98. The molecule has 1 rings (SSSR count). The third-order valence-corrected chi connectivity index (χ3v) is 3.41. The molecule has 1 N–H and O–H groups in total. The van der Waals surface area contributed by atoms with Gasteiger partial charge in [-0.05, 0) is 24.1 Å². The largest absolute Gasteiger partial charge is 0.467 e. The second-order valence-corrected chi connectivity index (χ2v) is 4.94. The number of halogens is 3. The van der Waals surface area contributed by atoms with Crippen molar-refractivity contribution in [1.29, 1.82) is 0 Å². The molecule has 0 saturated carbocycles. The fourth-order valence-corrected chi connectivity index (χ4v) is 1.86. The molecule has 0 aliphatic carbocycles. The summed E-state index contributed by atoms with van der Waals surface area (Å²) in [5, 5.41) is 2.43. The van der Waals surface area contributed by atoms with Crippen LogP contribution >= 0.6 is 0 Å². The number of ether oxygens (including phenoxy) is 1. The molecule has 7 heteroatoms. The van der Waals surface area contributed by atoms with Gasteiger partial charge in [-0.3, -0.25) is 4.79 Å². The molecule has 122 valence electrons. The van der Waals surface area contributed by atoms with Crippen molar-refractivity contribution in [3.05, 3.63) is 35.4 Å². The van der Waals surface area contributed by atoms with Crippen LogP contribution in [-0.2, 0) is 15.7 Å². The van der Waals surface area contributed by atoms with E-state index in [0.717, 1.165) is 18.2 Å². The summed E-state index contributed by atoms with van der Waals surface area (Å²) < 4.78 is 42.6. The van der Waals surface area contributed by atoms with Gasteiger partial charge in [-0.2, -0.15) is 13.2 Å². The Labute approximate surface area is 126 Å². The maximum atomic E-state index is 12.7. The smallest absolute Gasteiger partial charge is 0.416 e. The van der Waals surface area contributed by atoms with Crippen LogP contribution in [0.3, 0.4) is 0 Å². The normalized spacial score (nSPS) is 14.1. The highest BCUT2D eigenvalue weighted by Gasteiger charge is 2.32. The molecule has 0 unspecified atom stereocenters. The Hall–Kier alpha value is -2.05. The van der Waals surface area contributed by atoms with Crippen molar-refractivity contribution < 1.29 is 27.5 Å². The predicted octanol–water partition coefficient (Wildman–Crippen LogP) is 3.02. The molecule has 0 aliphatic heterocycles. The fraction of sp³-hybridized carbons (Fsp3) is 0.467. The quantitative estimate of drug-likeness (QED) is 0.849. The lowest BCUT2D eigenvalue weighted by Gasteiger charge is -2.22. The topological polar surface area (TPSA) is 55.4 Å². The van der Waals surface area contributed by atoms with E-state index in [4.69, 9.17) is 0 Å². The third-order valence-electron chi connectivity index (χ3n) is 3.41. The lowest BCUT2D eigenvalue weighted by Crippen LogP contribution is -2.45. The Morgan fingerprint density at radius 2 is 1.95 bits per heavy atom. The van der Waals surface area contributed by atoms with Crippen molar-refractivity contribution in [2.75, 3.05) is 7.11 Å². The van der Waals surface area contributed by atoms with Gasteiger partial charge in [-0.1, -0.05) is 26.3 Å². The number of hydrogen-bond donors (Lipinski definition) is 1. The molecule has 1 aromatic carbocycles. The van der Waals surface area contributed by atoms with Crippen LogP contribution < -0.4 is 5.32 Å². The van der Waals surface area contributed by atoms with Crippen molar-refractivity contribution in [1.82, 2.24) is 5.32 Å². The lowest BCUT2D eigenvalue weighted by molar-refractivity contribution is -0.144. The Morgan fingerprint density at radius 1 is 1.32 bits per heavy atom. The molecule has 4 nitrogen and oxygen atoms in total. The van der Waals surface area contributed by atoms with E-state index in [9.17, 15) is 22.8 Å². The van der Waals surface area contributed by atoms with Gasteiger partial charge < -0.3 is 10.1 Å². The fourth-order valence-electron chi connectivity index (χ4n) is 1.86. The first-order valence-corrected chi connectivity index (χ1v) is 6.76. The van der Waals surface area contributed by atoms with Crippen molar-refractivity contribution in [2.24, 2.45) is 5.92 Å². The molecule has 0 radical (unpaired) electrons. The minimum Gasteiger partial charge on any atom is -0.467 e. The number of nitrogens with one attached hydrogen (secondary N) is 1. The first-order valence-electron chi connectivity index (χ1n) is 6.76. The Kier molecular flexibility index (Phi) is 5.96. The van der Waals surface area contributed by atoms with Gasteiger partial charge in [0.15, 0.2) is 0 Å². The van der Waals surface area contributed by atoms with Gasteiger partial charge in [0, 0.05) is 5.56 Å². The molecule has 22 heavy (non-hydrogen) atoms. The second-order valence-electron chi connectivity index (χ2n) is 4.94. The summed E-state index contributed by atoms with van der Waals surface area (Å²) in [5.74, 6) is -1.58. The molecular weight excluding hydrogens is 299 g/mol. The number of benzene rings is 1. The summed E-state index contributed by atoms with van der Waals surface area (Å²) in [6.45, 7) is 3.57. The third kappa shape index (κ3) is 4.47. The standard InChI is InChI=1S/C15H18F3NO3/c1-4-9(2)12(14(21)22-3)19-13(20)10-6-5-7-11(8-10)15(16,17)18/h5-9,12H,4H2,1-3H3,(H,19,20)/t9-,12+/m0/s1. The van der Waals surface area contributed by atoms with Crippen molar-refractivity contribution in [3.63, 3.8) is 0 Å². The van der Waals surface area contributed by atoms with Gasteiger partial charge in [0.25, 0.3) is 5.91 Å². The van der Waals surface area contributed by atoms with Crippen LogP contribution in [-0.4, -0.2) is 25.0 Å². The number of esters is 1. The van der Waals surface area contributed by atoms with E-state index in [-0.39, 0.29) is 11.5 Å². The molecule has 0 bridgehead atoms. The maximum absolute atomic E-state index is 12.7. The minimum atomic E-state index is -4.53. The first kappa shape index (κ1) is 18.0. The van der Waals surface area contributed by atoms with Crippen molar-refractivity contribution in [3.8, 4) is 0 Å².